The maximum absolute atomic E-state index is 10.4. The second-order valence-corrected chi connectivity index (χ2v) is 9.00. The Labute approximate surface area is 185 Å². The lowest BCUT2D eigenvalue weighted by molar-refractivity contribution is -0.107. The maximum atomic E-state index is 10.4. The van der Waals surface area contributed by atoms with Gasteiger partial charge in [-0.15, -0.1) is 0 Å². The van der Waals surface area contributed by atoms with Gasteiger partial charge in [-0.2, -0.15) is 5.10 Å². The van der Waals surface area contributed by atoms with Crippen LogP contribution in [0.2, 0.25) is 0 Å². The fraction of sp³-hybridized carbons (Fsp3) is 0.481. The molecule has 0 saturated carbocycles. The number of hydrazone groups is 1. The quantitative estimate of drug-likeness (QED) is 0.346. The molecule has 0 atom stereocenters. The Kier molecular flexibility index (Phi) is 11.3. The Bertz CT molecular complexity index is 812. The van der Waals surface area contributed by atoms with E-state index >= 15 is 0 Å². The second-order valence-electron chi connectivity index (χ2n) is 9.00. The van der Waals surface area contributed by atoms with Crippen molar-refractivity contribution >= 4 is 12.5 Å². The Morgan fingerprint density at radius 1 is 0.767 bits per heavy atom. The van der Waals surface area contributed by atoms with E-state index in [4.69, 9.17) is 0 Å². The molecule has 2 aromatic rings. The van der Waals surface area contributed by atoms with E-state index in [2.05, 4.69) is 97.1 Å². The summed E-state index contributed by atoms with van der Waals surface area (Å²) < 4.78 is 0. The van der Waals surface area contributed by atoms with Crippen LogP contribution in [0.4, 0.5) is 0 Å². The largest absolute Gasteiger partial charge is 0.305 e. The maximum Gasteiger partial charge on any atom is 0.124 e. The molecule has 2 rings (SSSR count). The highest BCUT2D eigenvalue weighted by molar-refractivity contribution is 5.63. The van der Waals surface area contributed by atoms with Gasteiger partial charge in [0.15, 0.2) is 0 Å². The van der Waals surface area contributed by atoms with E-state index in [0.29, 0.717) is 6.42 Å². The van der Waals surface area contributed by atoms with Crippen LogP contribution in [0.15, 0.2) is 29.4 Å². The molecule has 1 N–H and O–H groups in total. The standard InChI is InChI=1S/C15H24N2.C11H14O.CH4/c1-11-9-12(2)14(13(3)10-11)7-8-16-17-15(4,5)6;1-8-6-9(2)11(4-5-12)10(3)7-8;/h8-10,17H,7H2,1-6H3;5-7H,4H2,1-3H3;1H4/b16-8+;;. The van der Waals surface area contributed by atoms with Crippen LogP contribution >= 0.6 is 0 Å². The summed E-state index contributed by atoms with van der Waals surface area (Å²) in [5.41, 5.74) is 13.4. The van der Waals surface area contributed by atoms with Gasteiger partial charge in [0.05, 0.1) is 0 Å². The van der Waals surface area contributed by atoms with Crippen LogP contribution in [-0.2, 0) is 17.6 Å². The van der Waals surface area contributed by atoms with Crippen LogP contribution in [0.5, 0.6) is 0 Å². The van der Waals surface area contributed by atoms with Crippen molar-refractivity contribution in [2.24, 2.45) is 5.10 Å². The number of aryl methyl sites for hydroxylation is 6. The minimum Gasteiger partial charge on any atom is -0.305 e. The molecule has 0 radical (unpaired) electrons. The van der Waals surface area contributed by atoms with Crippen LogP contribution in [0, 0.1) is 41.5 Å². The molecule has 30 heavy (non-hydrogen) atoms. The smallest absolute Gasteiger partial charge is 0.124 e. The van der Waals surface area contributed by atoms with Gasteiger partial charge in [0.1, 0.15) is 6.29 Å². The molecule has 0 aromatic heterocycles. The van der Waals surface area contributed by atoms with Crippen molar-refractivity contribution < 1.29 is 4.79 Å². The van der Waals surface area contributed by atoms with E-state index < -0.39 is 0 Å². The van der Waals surface area contributed by atoms with Gasteiger partial charge >= 0.3 is 0 Å². The Hall–Kier alpha value is -2.42. The molecule has 0 aliphatic rings. The van der Waals surface area contributed by atoms with Crippen molar-refractivity contribution in [3.05, 3.63) is 68.8 Å². The summed E-state index contributed by atoms with van der Waals surface area (Å²) in [4.78, 5) is 10.4. The zero-order valence-corrected chi connectivity index (χ0v) is 19.7. The lowest BCUT2D eigenvalue weighted by Gasteiger charge is -2.17. The highest BCUT2D eigenvalue weighted by atomic mass is 16.1. The number of nitrogens with one attached hydrogen (secondary N) is 1. The average molecular weight is 411 g/mol. The van der Waals surface area contributed by atoms with E-state index in [9.17, 15) is 4.79 Å². The normalized spacial score (nSPS) is 10.8. The monoisotopic (exact) mass is 410 g/mol. The predicted molar refractivity (Wildman–Crippen MR) is 133 cm³/mol. The molecule has 0 fully saturated rings. The zero-order chi connectivity index (χ0) is 22.2. The third kappa shape index (κ3) is 9.39. The predicted octanol–water partition coefficient (Wildman–Crippen LogP) is 6.52. The molecule has 0 bridgehead atoms. The van der Waals surface area contributed by atoms with Gasteiger partial charge in [0, 0.05) is 24.6 Å². The molecule has 0 aliphatic heterocycles. The SMILES string of the molecule is C.Cc1cc(C)c(C/C=N/NC(C)(C)C)c(C)c1.Cc1cc(C)c(CC=O)c(C)c1. The highest BCUT2D eigenvalue weighted by Crippen LogP contribution is 2.17. The summed E-state index contributed by atoms with van der Waals surface area (Å²) in [5.74, 6) is 0. The number of nitrogens with zero attached hydrogens (tertiary/aromatic N) is 1. The third-order valence-electron chi connectivity index (χ3n) is 4.75. The van der Waals surface area contributed by atoms with Crippen molar-refractivity contribution in [2.75, 3.05) is 0 Å². The molecule has 0 heterocycles. The van der Waals surface area contributed by atoms with E-state index in [-0.39, 0.29) is 13.0 Å². The molecular formula is C27H42N2O. The molecular weight excluding hydrogens is 368 g/mol. The van der Waals surface area contributed by atoms with Gasteiger partial charge in [-0.25, -0.2) is 0 Å². The van der Waals surface area contributed by atoms with Crippen LogP contribution in [-0.4, -0.2) is 18.0 Å². The second kappa shape index (κ2) is 12.3. The van der Waals surface area contributed by atoms with Crippen molar-refractivity contribution in [1.82, 2.24) is 5.43 Å². The van der Waals surface area contributed by atoms with Gasteiger partial charge < -0.3 is 10.2 Å². The number of aldehydes is 1. The average Bonchev–Trinajstić information content (AvgIpc) is 2.56. The highest BCUT2D eigenvalue weighted by Gasteiger charge is 2.06. The summed E-state index contributed by atoms with van der Waals surface area (Å²) in [7, 11) is 0. The van der Waals surface area contributed by atoms with Crippen molar-refractivity contribution in [2.45, 2.75) is 88.1 Å². The molecule has 3 nitrogen and oxygen atoms in total. The van der Waals surface area contributed by atoms with Crippen LogP contribution in [0.25, 0.3) is 0 Å². The van der Waals surface area contributed by atoms with E-state index in [1.807, 2.05) is 6.21 Å². The molecule has 0 spiro atoms. The fourth-order valence-electron chi connectivity index (χ4n) is 3.52. The van der Waals surface area contributed by atoms with Crippen molar-refractivity contribution in [1.29, 1.82) is 0 Å². The molecule has 0 aliphatic carbocycles. The van der Waals surface area contributed by atoms with Gasteiger partial charge in [-0.1, -0.05) is 42.8 Å². The first-order chi connectivity index (χ1) is 13.4. The number of benzene rings is 2. The number of hydrogen-bond acceptors (Lipinski definition) is 3. The summed E-state index contributed by atoms with van der Waals surface area (Å²) in [6, 6.07) is 8.69. The summed E-state index contributed by atoms with van der Waals surface area (Å²) >= 11 is 0. The van der Waals surface area contributed by atoms with Gasteiger partial charge in [0.25, 0.3) is 0 Å². The molecule has 3 heteroatoms. The van der Waals surface area contributed by atoms with Gasteiger partial charge in [-0.05, 0) is 95.7 Å². The van der Waals surface area contributed by atoms with E-state index in [1.54, 1.807) is 0 Å². The lowest BCUT2D eigenvalue weighted by Crippen LogP contribution is -2.31. The van der Waals surface area contributed by atoms with Crippen LogP contribution in [0.1, 0.15) is 72.7 Å². The Morgan fingerprint density at radius 3 is 1.47 bits per heavy atom. The summed E-state index contributed by atoms with van der Waals surface area (Å²) in [5, 5.41) is 4.27. The van der Waals surface area contributed by atoms with Gasteiger partial charge in [0.2, 0.25) is 0 Å². The minimum atomic E-state index is 0. The first kappa shape index (κ1) is 27.6. The summed E-state index contributed by atoms with van der Waals surface area (Å²) in [6.45, 7) is 19.0. The third-order valence-corrected chi connectivity index (χ3v) is 4.75. The zero-order valence-electron chi connectivity index (χ0n) is 19.7. The fourth-order valence-corrected chi connectivity index (χ4v) is 3.52. The number of rotatable bonds is 5. The number of carbonyl (C=O) groups excluding carboxylic acids is 1. The van der Waals surface area contributed by atoms with Crippen LogP contribution < -0.4 is 5.43 Å². The topological polar surface area (TPSA) is 41.5 Å². The van der Waals surface area contributed by atoms with Crippen molar-refractivity contribution in [3.63, 3.8) is 0 Å². The molecule has 166 valence electrons. The van der Waals surface area contributed by atoms with E-state index in [0.717, 1.165) is 12.7 Å². The Morgan fingerprint density at radius 2 is 1.13 bits per heavy atom. The van der Waals surface area contributed by atoms with Crippen molar-refractivity contribution in [3.8, 4) is 0 Å². The molecule has 0 unspecified atom stereocenters. The summed E-state index contributed by atoms with van der Waals surface area (Å²) in [6.07, 6.45) is 4.35. The number of carbonyl (C=O) groups is 1. The van der Waals surface area contributed by atoms with Gasteiger partial charge in [-0.3, -0.25) is 0 Å². The lowest BCUT2D eigenvalue weighted by atomic mass is 9.98. The minimum absolute atomic E-state index is 0. The van der Waals surface area contributed by atoms with Crippen LogP contribution in [0.3, 0.4) is 0 Å². The molecule has 0 amide bonds. The number of hydrogen-bond donors (Lipinski definition) is 1. The van der Waals surface area contributed by atoms with E-state index in [1.165, 1.54) is 44.5 Å². The molecule has 0 saturated heterocycles. The first-order valence-electron chi connectivity index (χ1n) is 10.3. The first-order valence-corrected chi connectivity index (χ1v) is 10.3. The Balaban J connectivity index is 0.000000573. The molecule has 2 aromatic carbocycles.